The summed E-state index contributed by atoms with van der Waals surface area (Å²) in [6, 6.07) is 8.48. The Labute approximate surface area is 150 Å². The van der Waals surface area contributed by atoms with Gasteiger partial charge < -0.3 is 10.2 Å². The van der Waals surface area contributed by atoms with Crippen LogP contribution in [-0.4, -0.2) is 60.6 Å². The number of anilines is 1. The van der Waals surface area contributed by atoms with Crippen LogP contribution in [-0.2, 0) is 0 Å². The summed E-state index contributed by atoms with van der Waals surface area (Å²) in [6.45, 7) is 7.70. The van der Waals surface area contributed by atoms with Crippen molar-refractivity contribution in [2.24, 2.45) is 0 Å². The molecule has 1 aromatic carbocycles. The summed E-state index contributed by atoms with van der Waals surface area (Å²) in [6.07, 6.45) is 0. The average Bonchev–Trinajstić information content (AvgIpc) is 2.53. The molecule has 6 heteroatoms. The van der Waals surface area contributed by atoms with Crippen molar-refractivity contribution in [3.05, 3.63) is 33.8 Å². The Hall–Kier alpha value is -0.880. The topological polar surface area (TPSA) is 31.4 Å². The van der Waals surface area contributed by atoms with Gasteiger partial charge in [0.1, 0.15) is 5.82 Å². The lowest BCUT2D eigenvalue weighted by atomic mass is 10.2. The quantitative estimate of drug-likeness (QED) is 0.852. The lowest BCUT2D eigenvalue weighted by Gasteiger charge is -2.36. The highest BCUT2D eigenvalue weighted by molar-refractivity contribution is 9.10. The lowest BCUT2D eigenvalue weighted by molar-refractivity contribution is 0.123. The SMILES string of the molecule is CC(CNc1ccc2cc(Br)cc(Cl)c2n1)N1CCN(C)CC1. The second kappa shape index (κ2) is 7.34. The molecule has 0 saturated carbocycles. The predicted octanol–water partition coefficient (Wildman–Crippen LogP) is 3.70. The van der Waals surface area contributed by atoms with E-state index in [1.54, 1.807) is 0 Å². The molecule has 23 heavy (non-hydrogen) atoms. The molecular weight excluding hydrogens is 376 g/mol. The second-order valence-corrected chi connectivity index (χ2v) is 7.55. The molecule has 0 bridgehead atoms. The molecule has 1 N–H and O–H groups in total. The molecule has 2 heterocycles. The first kappa shape index (κ1) is 17.0. The zero-order valence-corrected chi connectivity index (χ0v) is 15.9. The minimum absolute atomic E-state index is 0.488. The molecule has 0 spiro atoms. The van der Waals surface area contributed by atoms with Crippen molar-refractivity contribution in [2.75, 3.05) is 45.1 Å². The van der Waals surface area contributed by atoms with Crippen LogP contribution in [0.4, 0.5) is 5.82 Å². The molecule has 1 aromatic heterocycles. The first-order chi connectivity index (χ1) is 11.0. The second-order valence-electron chi connectivity index (χ2n) is 6.22. The van der Waals surface area contributed by atoms with E-state index in [2.05, 4.69) is 56.1 Å². The molecule has 1 fully saturated rings. The van der Waals surface area contributed by atoms with E-state index in [4.69, 9.17) is 11.6 Å². The highest BCUT2D eigenvalue weighted by atomic mass is 79.9. The summed E-state index contributed by atoms with van der Waals surface area (Å²) < 4.78 is 0.973. The van der Waals surface area contributed by atoms with Crippen molar-refractivity contribution in [1.82, 2.24) is 14.8 Å². The minimum atomic E-state index is 0.488. The number of nitrogens with zero attached hydrogens (tertiary/aromatic N) is 3. The minimum Gasteiger partial charge on any atom is -0.368 e. The molecule has 0 radical (unpaired) electrons. The van der Waals surface area contributed by atoms with Crippen LogP contribution in [0.1, 0.15) is 6.92 Å². The van der Waals surface area contributed by atoms with Crippen molar-refractivity contribution in [1.29, 1.82) is 0 Å². The summed E-state index contributed by atoms with van der Waals surface area (Å²) >= 11 is 9.76. The number of nitrogens with one attached hydrogen (secondary N) is 1. The molecule has 2 aromatic rings. The molecule has 1 aliphatic rings. The third kappa shape index (κ3) is 4.15. The fourth-order valence-electron chi connectivity index (χ4n) is 2.90. The van der Waals surface area contributed by atoms with E-state index in [1.165, 1.54) is 0 Å². The molecule has 0 aliphatic carbocycles. The van der Waals surface area contributed by atoms with Gasteiger partial charge in [0, 0.05) is 48.6 Å². The number of benzene rings is 1. The van der Waals surface area contributed by atoms with Gasteiger partial charge in [-0.1, -0.05) is 27.5 Å². The Morgan fingerprint density at radius 2 is 2.00 bits per heavy atom. The van der Waals surface area contributed by atoms with Gasteiger partial charge in [0.05, 0.1) is 10.5 Å². The number of piperazine rings is 1. The van der Waals surface area contributed by atoms with E-state index in [0.29, 0.717) is 11.1 Å². The molecule has 0 amide bonds. The van der Waals surface area contributed by atoms with Gasteiger partial charge in [-0.05, 0) is 38.2 Å². The number of aromatic nitrogens is 1. The number of likely N-dealkylation sites (N-methyl/N-ethyl adjacent to an activating group) is 1. The highest BCUT2D eigenvalue weighted by Gasteiger charge is 2.18. The Bertz CT molecular complexity index is 686. The van der Waals surface area contributed by atoms with Crippen LogP contribution >= 0.6 is 27.5 Å². The van der Waals surface area contributed by atoms with Gasteiger partial charge in [-0.15, -0.1) is 0 Å². The summed E-state index contributed by atoms with van der Waals surface area (Å²) in [7, 11) is 2.18. The largest absolute Gasteiger partial charge is 0.368 e. The zero-order valence-electron chi connectivity index (χ0n) is 13.5. The number of halogens is 2. The lowest BCUT2D eigenvalue weighted by Crippen LogP contribution is -2.49. The summed E-state index contributed by atoms with van der Waals surface area (Å²) in [4.78, 5) is 9.56. The maximum atomic E-state index is 6.30. The van der Waals surface area contributed by atoms with Crippen LogP contribution in [0.25, 0.3) is 10.9 Å². The third-order valence-electron chi connectivity index (χ3n) is 4.45. The Morgan fingerprint density at radius 1 is 1.26 bits per heavy atom. The first-order valence-corrected chi connectivity index (χ1v) is 9.12. The fraction of sp³-hybridized carbons (Fsp3) is 0.471. The van der Waals surface area contributed by atoms with Gasteiger partial charge >= 0.3 is 0 Å². The van der Waals surface area contributed by atoms with E-state index in [0.717, 1.165) is 53.9 Å². The van der Waals surface area contributed by atoms with Crippen LogP contribution in [0, 0.1) is 0 Å². The van der Waals surface area contributed by atoms with Crippen LogP contribution in [0.5, 0.6) is 0 Å². The molecule has 4 nitrogen and oxygen atoms in total. The smallest absolute Gasteiger partial charge is 0.126 e. The maximum Gasteiger partial charge on any atom is 0.126 e. The first-order valence-electron chi connectivity index (χ1n) is 7.95. The van der Waals surface area contributed by atoms with Gasteiger partial charge in [-0.2, -0.15) is 0 Å². The Kier molecular flexibility index (Phi) is 5.42. The van der Waals surface area contributed by atoms with Gasteiger partial charge in [0.25, 0.3) is 0 Å². The average molecular weight is 398 g/mol. The highest BCUT2D eigenvalue weighted by Crippen LogP contribution is 2.27. The van der Waals surface area contributed by atoms with E-state index in [1.807, 2.05) is 18.2 Å². The summed E-state index contributed by atoms with van der Waals surface area (Å²) in [5.41, 5.74) is 0.840. The van der Waals surface area contributed by atoms with Crippen LogP contribution < -0.4 is 5.32 Å². The monoisotopic (exact) mass is 396 g/mol. The van der Waals surface area contributed by atoms with Crippen molar-refractivity contribution in [2.45, 2.75) is 13.0 Å². The normalized spacial score (nSPS) is 18.3. The molecule has 1 unspecified atom stereocenters. The number of fused-ring (bicyclic) bond motifs is 1. The number of hydrogen-bond donors (Lipinski definition) is 1. The van der Waals surface area contributed by atoms with Crippen LogP contribution in [0.15, 0.2) is 28.7 Å². The molecule has 124 valence electrons. The van der Waals surface area contributed by atoms with Gasteiger partial charge in [0.2, 0.25) is 0 Å². The third-order valence-corrected chi connectivity index (χ3v) is 5.20. The summed E-state index contributed by atoms with van der Waals surface area (Å²) in [5.74, 6) is 0.877. The summed E-state index contributed by atoms with van der Waals surface area (Å²) in [5, 5.41) is 5.17. The van der Waals surface area contributed by atoms with Gasteiger partial charge in [0.15, 0.2) is 0 Å². The van der Waals surface area contributed by atoms with Crippen molar-refractivity contribution in [3.8, 4) is 0 Å². The van der Waals surface area contributed by atoms with E-state index >= 15 is 0 Å². The maximum absolute atomic E-state index is 6.30. The van der Waals surface area contributed by atoms with Crippen molar-refractivity contribution >= 4 is 44.3 Å². The zero-order chi connectivity index (χ0) is 16.4. The van der Waals surface area contributed by atoms with Crippen molar-refractivity contribution in [3.63, 3.8) is 0 Å². The van der Waals surface area contributed by atoms with E-state index in [-0.39, 0.29) is 0 Å². The Balaban J connectivity index is 1.65. The standard InChI is InChI=1S/C17H22BrClN4/c1-12(23-7-5-22(2)6-8-23)11-20-16-4-3-13-9-14(18)10-15(19)17(13)21-16/h3-4,9-10,12H,5-8,11H2,1-2H3,(H,20,21). The predicted molar refractivity (Wildman–Crippen MR) is 101 cm³/mol. The molecular formula is C17H22BrClN4. The van der Waals surface area contributed by atoms with E-state index in [9.17, 15) is 0 Å². The molecule has 1 atom stereocenters. The number of rotatable bonds is 4. The van der Waals surface area contributed by atoms with Crippen molar-refractivity contribution < 1.29 is 0 Å². The van der Waals surface area contributed by atoms with Crippen LogP contribution in [0.3, 0.4) is 0 Å². The van der Waals surface area contributed by atoms with Crippen LogP contribution in [0.2, 0.25) is 5.02 Å². The molecule has 1 saturated heterocycles. The number of hydrogen-bond acceptors (Lipinski definition) is 4. The fourth-order valence-corrected chi connectivity index (χ4v) is 3.78. The molecule has 3 rings (SSSR count). The van der Waals surface area contributed by atoms with Gasteiger partial charge in [-0.3, -0.25) is 4.90 Å². The number of pyridine rings is 1. The molecule has 1 aliphatic heterocycles. The Morgan fingerprint density at radius 3 is 2.74 bits per heavy atom. The van der Waals surface area contributed by atoms with Gasteiger partial charge in [-0.25, -0.2) is 4.98 Å². The van der Waals surface area contributed by atoms with E-state index < -0.39 is 0 Å².